The lowest BCUT2D eigenvalue weighted by Crippen LogP contribution is -2.30. The summed E-state index contributed by atoms with van der Waals surface area (Å²) in [5, 5.41) is 4.55. The van der Waals surface area contributed by atoms with Gasteiger partial charge < -0.3 is 4.74 Å². The van der Waals surface area contributed by atoms with Crippen LogP contribution in [-0.4, -0.2) is 18.4 Å². The molecular weight excluding hydrogens is 390 g/mol. The van der Waals surface area contributed by atoms with Gasteiger partial charge in [0.05, 0.1) is 7.11 Å². The standard InChI is InChI=1S/C26H32OP2/c1-20(2)29(21(3)4)26-18-12-11-17-25(26)28(23-14-7-6-8-15-23)19-22-13-9-10-16-24(22)27-5/h6-18,20-21H,19H2,1-5H3. The van der Waals surface area contributed by atoms with Crippen molar-refractivity contribution < 1.29 is 4.74 Å². The summed E-state index contributed by atoms with van der Waals surface area (Å²) in [6.07, 6.45) is 1.000. The molecule has 1 nitrogen and oxygen atoms in total. The monoisotopic (exact) mass is 422 g/mol. The van der Waals surface area contributed by atoms with E-state index in [-0.39, 0.29) is 7.92 Å². The van der Waals surface area contributed by atoms with E-state index in [1.54, 1.807) is 12.4 Å². The van der Waals surface area contributed by atoms with E-state index < -0.39 is 7.92 Å². The van der Waals surface area contributed by atoms with Gasteiger partial charge in [-0.3, -0.25) is 0 Å². The molecular formula is C26H32OP2. The Morgan fingerprint density at radius 3 is 1.86 bits per heavy atom. The minimum Gasteiger partial charge on any atom is -0.496 e. The molecule has 1 unspecified atom stereocenters. The van der Waals surface area contributed by atoms with Gasteiger partial charge in [0.25, 0.3) is 0 Å². The highest BCUT2D eigenvalue weighted by Crippen LogP contribution is 2.48. The molecule has 3 heteroatoms. The zero-order valence-corrected chi connectivity index (χ0v) is 20.0. The van der Waals surface area contributed by atoms with Gasteiger partial charge in [-0.15, -0.1) is 0 Å². The molecule has 3 rings (SSSR count). The van der Waals surface area contributed by atoms with Crippen molar-refractivity contribution in [1.29, 1.82) is 0 Å². The van der Waals surface area contributed by atoms with E-state index in [9.17, 15) is 0 Å². The Labute approximate surface area is 179 Å². The number of rotatable bonds is 8. The summed E-state index contributed by atoms with van der Waals surface area (Å²) in [6, 6.07) is 28.7. The molecule has 0 saturated carbocycles. The van der Waals surface area contributed by atoms with Crippen molar-refractivity contribution in [2.24, 2.45) is 0 Å². The fourth-order valence-electron chi connectivity index (χ4n) is 3.99. The molecule has 0 aliphatic heterocycles. The molecule has 0 bridgehead atoms. The lowest BCUT2D eigenvalue weighted by atomic mass is 10.2. The highest BCUT2D eigenvalue weighted by molar-refractivity contribution is 7.76. The first-order chi connectivity index (χ1) is 14.0. The van der Waals surface area contributed by atoms with Crippen LogP contribution in [0.1, 0.15) is 33.3 Å². The molecule has 0 aromatic heterocycles. The van der Waals surface area contributed by atoms with Crippen molar-refractivity contribution >= 4 is 31.8 Å². The van der Waals surface area contributed by atoms with Crippen LogP contribution in [0.4, 0.5) is 0 Å². The third-order valence-electron chi connectivity index (χ3n) is 5.15. The molecule has 0 aliphatic rings. The van der Waals surface area contributed by atoms with E-state index in [1.807, 2.05) is 0 Å². The zero-order valence-electron chi connectivity index (χ0n) is 18.2. The van der Waals surface area contributed by atoms with E-state index in [4.69, 9.17) is 4.74 Å². The van der Waals surface area contributed by atoms with E-state index in [2.05, 4.69) is 107 Å². The van der Waals surface area contributed by atoms with Gasteiger partial charge in [0.1, 0.15) is 5.75 Å². The summed E-state index contributed by atoms with van der Waals surface area (Å²) in [4.78, 5) is 0. The Morgan fingerprint density at radius 1 is 0.690 bits per heavy atom. The molecule has 0 N–H and O–H groups in total. The Balaban J connectivity index is 2.13. The molecule has 0 amide bonds. The molecule has 29 heavy (non-hydrogen) atoms. The Bertz CT molecular complexity index is 897. The van der Waals surface area contributed by atoms with Crippen LogP contribution in [0.25, 0.3) is 0 Å². The minimum absolute atomic E-state index is 0.218. The van der Waals surface area contributed by atoms with Crippen molar-refractivity contribution in [2.75, 3.05) is 7.11 Å². The van der Waals surface area contributed by atoms with Crippen LogP contribution in [0.3, 0.4) is 0 Å². The number of hydrogen-bond donors (Lipinski definition) is 0. The second-order valence-corrected chi connectivity index (χ2v) is 13.3. The predicted molar refractivity (Wildman–Crippen MR) is 133 cm³/mol. The van der Waals surface area contributed by atoms with Crippen LogP contribution in [-0.2, 0) is 6.16 Å². The van der Waals surface area contributed by atoms with Crippen molar-refractivity contribution in [1.82, 2.24) is 0 Å². The largest absolute Gasteiger partial charge is 0.496 e. The fourth-order valence-corrected chi connectivity index (χ4v) is 9.98. The van der Waals surface area contributed by atoms with Gasteiger partial charge in [-0.1, -0.05) is 108 Å². The molecule has 1 atom stereocenters. The normalized spacial score (nSPS) is 12.6. The van der Waals surface area contributed by atoms with Crippen LogP contribution < -0.4 is 20.7 Å². The average Bonchev–Trinajstić information content (AvgIpc) is 2.73. The topological polar surface area (TPSA) is 9.23 Å². The molecule has 0 heterocycles. The first-order valence-corrected chi connectivity index (χ1v) is 13.4. The van der Waals surface area contributed by atoms with Gasteiger partial charge in [-0.25, -0.2) is 0 Å². The second kappa shape index (κ2) is 10.4. The maximum atomic E-state index is 5.69. The molecule has 0 fully saturated rings. The van der Waals surface area contributed by atoms with Crippen molar-refractivity contribution in [3.8, 4) is 5.75 Å². The lowest BCUT2D eigenvalue weighted by Gasteiger charge is -2.31. The van der Waals surface area contributed by atoms with Gasteiger partial charge in [-0.2, -0.15) is 0 Å². The first kappa shape index (κ1) is 22.0. The van der Waals surface area contributed by atoms with Crippen LogP contribution in [0.5, 0.6) is 5.75 Å². The number of hydrogen-bond acceptors (Lipinski definition) is 1. The smallest absolute Gasteiger partial charge is 0.122 e. The quantitative estimate of drug-likeness (QED) is 0.390. The van der Waals surface area contributed by atoms with E-state index in [0.717, 1.165) is 11.9 Å². The molecule has 3 aromatic carbocycles. The van der Waals surface area contributed by atoms with Crippen molar-refractivity contribution in [3.63, 3.8) is 0 Å². The summed E-state index contributed by atoms with van der Waals surface area (Å²) < 4.78 is 5.69. The minimum atomic E-state index is -0.516. The van der Waals surface area contributed by atoms with Crippen LogP contribution in [0.15, 0.2) is 78.9 Å². The van der Waals surface area contributed by atoms with Gasteiger partial charge in [-0.05, 0) is 46.8 Å². The summed E-state index contributed by atoms with van der Waals surface area (Å²) in [6.45, 7) is 9.53. The summed E-state index contributed by atoms with van der Waals surface area (Å²) in [7, 11) is 1.04. The Morgan fingerprint density at radius 2 is 1.24 bits per heavy atom. The van der Waals surface area contributed by atoms with Crippen LogP contribution >= 0.6 is 15.8 Å². The number of para-hydroxylation sites is 1. The van der Waals surface area contributed by atoms with Crippen LogP contribution in [0.2, 0.25) is 0 Å². The van der Waals surface area contributed by atoms with Gasteiger partial charge in [0.2, 0.25) is 0 Å². The highest BCUT2D eigenvalue weighted by Gasteiger charge is 2.26. The van der Waals surface area contributed by atoms with E-state index >= 15 is 0 Å². The summed E-state index contributed by atoms with van der Waals surface area (Å²) in [5.74, 6) is 0.989. The summed E-state index contributed by atoms with van der Waals surface area (Å²) in [5.41, 5.74) is 2.63. The Kier molecular flexibility index (Phi) is 7.88. The predicted octanol–water partition coefficient (Wildman–Crippen LogP) is 6.25. The Hall–Kier alpha value is -1.68. The average molecular weight is 422 g/mol. The van der Waals surface area contributed by atoms with Gasteiger partial charge >= 0.3 is 0 Å². The maximum Gasteiger partial charge on any atom is 0.122 e. The van der Waals surface area contributed by atoms with Gasteiger partial charge in [0.15, 0.2) is 0 Å². The maximum absolute atomic E-state index is 5.69. The third-order valence-corrected chi connectivity index (χ3v) is 11.1. The highest BCUT2D eigenvalue weighted by atomic mass is 31.1. The zero-order chi connectivity index (χ0) is 20.8. The molecule has 0 spiro atoms. The van der Waals surface area contributed by atoms with Crippen molar-refractivity contribution in [3.05, 3.63) is 84.4 Å². The lowest BCUT2D eigenvalue weighted by molar-refractivity contribution is 0.411. The molecule has 0 saturated heterocycles. The fraction of sp³-hybridized carbons (Fsp3) is 0.308. The molecule has 152 valence electrons. The summed E-state index contributed by atoms with van der Waals surface area (Å²) >= 11 is 0. The first-order valence-electron chi connectivity index (χ1n) is 10.3. The van der Waals surface area contributed by atoms with E-state index in [1.165, 1.54) is 16.2 Å². The number of benzene rings is 3. The SMILES string of the molecule is COc1ccccc1CP(c1ccccc1)c1ccccc1P(C(C)C)C(C)C. The molecule has 0 aliphatic carbocycles. The molecule has 3 aromatic rings. The van der Waals surface area contributed by atoms with Gasteiger partial charge in [0, 0.05) is 6.16 Å². The number of methoxy groups -OCH3 is 1. The van der Waals surface area contributed by atoms with E-state index in [0.29, 0.717) is 11.3 Å². The van der Waals surface area contributed by atoms with Crippen LogP contribution in [0, 0.1) is 0 Å². The van der Waals surface area contributed by atoms with Crippen molar-refractivity contribution in [2.45, 2.75) is 45.2 Å². The third kappa shape index (κ3) is 5.28. The molecule has 0 radical (unpaired) electrons. The second-order valence-electron chi connectivity index (χ2n) is 7.82. The number of ether oxygens (including phenoxy) is 1.